The molecule has 1 aromatic heterocycles. The number of carbonyl (C=O) groups is 2. The number of hydrogen-bond acceptors (Lipinski definition) is 8. The van der Waals surface area contributed by atoms with Crippen molar-refractivity contribution in [3.05, 3.63) is 47.9 Å². The molecule has 0 aliphatic carbocycles. The fourth-order valence-corrected chi connectivity index (χ4v) is 8.09. The van der Waals surface area contributed by atoms with Gasteiger partial charge >= 0.3 is 0 Å². The molecule has 3 N–H and O–H groups in total. The van der Waals surface area contributed by atoms with Gasteiger partial charge in [0.1, 0.15) is 11.6 Å². The molecule has 256 valence electrons. The van der Waals surface area contributed by atoms with Gasteiger partial charge in [0.15, 0.2) is 0 Å². The van der Waals surface area contributed by atoms with Crippen molar-refractivity contribution in [1.82, 2.24) is 30.4 Å². The zero-order chi connectivity index (χ0) is 32.4. The first-order valence-electron chi connectivity index (χ1n) is 18.2. The summed E-state index contributed by atoms with van der Waals surface area (Å²) in [6.45, 7) is 6.93. The molecular weight excluding hydrogens is 595 g/mol. The molecule has 0 unspecified atom stereocenters. The Bertz CT molecular complexity index is 1310. The Morgan fingerprint density at radius 1 is 0.915 bits per heavy atom. The minimum atomic E-state index is -0.381. The molecule has 10 nitrogen and oxygen atoms in total. The first kappa shape index (κ1) is 33.6. The van der Waals surface area contributed by atoms with Gasteiger partial charge < -0.3 is 25.8 Å². The lowest BCUT2D eigenvalue weighted by Gasteiger charge is -2.48. The Morgan fingerprint density at radius 2 is 1.70 bits per heavy atom. The summed E-state index contributed by atoms with van der Waals surface area (Å²) in [4.78, 5) is 42.5. The molecule has 6 rings (SSSR count). The lowest BCUT2D eigenvalue weighted by molar-refractivity contribution is -0.125. The van der Waals surface area contributed by atoms with Crippen LogP contribution in [-0.4, -0.2) is 102 Å². The molecule has 4 saturated heterocycles. The quantitative estimate of drug-likeness (QED) is 0.325. The van der Waals surface area contributed by atoms with Gasteiger partial charge in [0.2, 0.25) is 11.9 Å². The van der Waals surface area contributed by atoms with E-state index in [9.17, 15) is 14.0 Å². The van der Waals surface area contributed by atoms with Crippen LogP contribution in [0.1, 0.15) is 87.4 Å². The van der Waals surface area contributed by atoms with Crippen molar-refractivity contribution in [2.75, 3.05) is 62.6 Å². The molecule has 1 aromatic carbocycles. The van der Waals surface area contributed by atoms with Crippen LogP contribution in [0.4, 0.5) is 16.2 Å². The number of benzene rings is 1. The van der Waals surface area contributed by atoms with Crippen molar-refractivity contribution in [2.45, 2.75) is 95.2 Å². The molecule has 4 aliphatic heterocycles. The number of likely N-dealkylation sites (tertiary alicyclic amines) is 2. The van der Waals surface area contributed by atoms with Gasteiger partial charge in [-0.25, -0.2) is 9.37 Å². The fourth-order valence-electron chi connectivity index (χ4n) is 8.09. The smallest absolute Gasteiger partial charge is 0.253 e. The van der Waals surface area contributed by atoms with Crippen LogP contribution in [0.2, 0.25) is 0 Å². The van der Waals surface area contributed by atoms with Gasteiger partial charge in [0.25, 0.3) is 5.91 Å². The number of anilines is 2. The largest absolute Gasteiger partial charge is 0.356 e. The number of nitrogens with zero attached hydrogens (tertiary/aromatic N) is 5. The number of carbonyl (C=O) groups excluding carboxylic acids is 2. The van der Waals surface area contributed by atoms with Crippen molar-refractivity contribution < 1.29 is 14.0 Å². The lowest BCUT2D eigenvalue weighted by atomic mass is 9.88. The van der Waals surface area contributed by atoms with Gasteiger partial charge in [-0.2, -0.15) is 4.98 Å². The maximum atomic E-state index is 13.8. The predicted molar refractivity (Wildman–Crippen MR) is 183 cm³/mol. The van der Waals surface area contributed by atoms with Gasteiger partial charge in [-0.1, -0.05) is 18.9 Å². The van der Waals surface area contributed by atoms with Crippen molar-refractivity contribution in [1.29, 1.82) is 0 Å². The summed E-state index contributed by atoms with van der Waals surface area (Å²) in [5.74, 6) is 1.53. The summed E-state index contributed by atoms with van der Waals surface area (Å²) in [7, 11) is 0. The minimum absolute atomic E-state index is 0.0939. The van der Waals surface area contributed by atoms with Crippen molar-refractivity contribution >= 4 is 23.6 Å². The molecule has 5 heterocycles. The SMILES string of the molecule is O=C(NCCC[C@@H]1[C@@H](Nc2nccc(N3CCCCCC3)n2)CCCN1C1CCN(C(=O)c2cccc(F)c2)CC1)C1CCNCC1. The summed E-state index contributed by atoms with van der Waals surface area (Å²) in [6, 6.07) is 8.85. The Balaban J connectivity index is 1.11. The molecule has 0 bridgehead atoms. The second kappa shape index (κ2) is 16.7. The van der Waals surface area contributed by atoms with Crippen LogP contribution in [0.5, 0.6) is 0 Å². The average molecular weight is 649 g/mol. The third-order valence-electron chi connectivity index (χ3n) is 10.7. The van der Waals surface area contributed by atoms with E-state index in [2.05, 4.69) is 30.7 Å². The molecule has 2 aromatic rings. The van der Waals surface area contributed by atoms with E-state index in [-0.39, 0.29) is 35.6 Å². The summed E-state index contributed by atoms with van der Waals surface area (Å²) in [5.41, 5.74) is 0.414. The van der Waals surface area contributed by atoms with E-state index in [0.717, 1.165) is 89.9 Å². The number of aromatic nitrogens is 2. The van der Waals surface area contributed by atoms with Gasteiger partial charge in [0.05, 0.1) is 0 Å². The standard InChI is InChI=1S/C36H53FN8O2/c37-29-9-5-8-28(26-29)35(47)44-24-15-30(16-25-44)45-23-7-10-31(32(45)11-6-17-39-34(46)27-12-18-38-19-13-27)41-36-40-20-14-33(42-36)43-21-3-1-2-4-22-43/h5,8-9,14,20,26-27,30-32,38H,1-4,6-7,10-13,15-19,21-25H2,(H,39,46)(H,40,41,42)/t31-,32+/m0/s1. The van der Waals surface area contributed by atoms with Crippen LogP contribution in [0, 0.1) is 11.7 Å². The molecule has 2 amide bonds. The van der Waals surface area contributed by atoms with Gasteiger partial charge in [-0.3, -0.25) is 14.5 Å². The molecule has 0 radical (unpaired) electrons. The zero-order valence-electron chi connectivity index (χ0n) is 27.8. The number of piperidine rings is 3. The van der Waals surface area contributed by atoms with Crippen LogP contribution in [-0.2, 0) is 4.79 Å². The maximum absolute atomic E-state index is 13.8. The van der Waals surface area contributed by atoms with E-state index in [1.165, 1.54) is 37.8 Å². The zero-order valence-corrected chi connectivity index (χ0v) is 27.8. The lowest BCUT2D eigenvalue weighted by Crippen LogP contribution is -2.57. The van der Waals surface area contributed by atoms with Crippen LogP contribution in [0.15, 0.2) is 36.5 Å². The molecule has 47 heavy (non-hydrogen) atoms. The molecule has 4 fully saturated rings. The first-order chi connectivity index (χ1) is 23.0. The monoisotopic (exact) mass is 648 g/mol. The van der Waals surface area contributed by atoms with E-state index in [4.69, 9.17) is 4.98 Å². The number of hydrogen-bond donors (Lipinski definition) is 3. The highest BCUT2D eigenvalue weighted by Crippen LogP contribution is 2.30. The van der Waals surface area contributed by atoms with Crippen LogP contribution in [0.3, 0.4) is 0 Å². The van der Waals surface area contributed by atoms with E-state index in [1.807, 2.05) is 17.2 Å². The van der Waals surface area contributed by atoms with Crippen molar-refractivity contribution in [3.63, 3.8) is 0 Å². The molecule has 2 atom stereocenters. The van der Waals surface area contributed by atoms with Crippen LogP contribution < -0.4 is 20.9 Å². The van der Waals surface area contributed by atoms with Crippen LogP contribution >= 0.6 is 0 Å². The Kier molecular flexibility index (Phi) is 11.9. The third-order valence-corrected chi connectivity index (χ3v) is 10.7. The second-order valence-electron chi connectivity index (χ2n) is 13.8. The molecular formula is C36H53FN8O2. The average Bonchev–Trinajstić information content (AvgIpc) is 3.41. The molecule has 4 aliphatic rings. The first-order valence-corrected chi connectivity index (χ1v) is 18.2. The normalized spacial score (nSPS) is 23.7. The summed E-state index contributed by atoms with van der Waals surface area (Å²) < 4.78 is 13.8. The highest BCUT2D eigenvalue weighted by atomic mass is 19.1. The second-order valence-corrected chi connectivity index (χ2v) is 13.8. The Labute approximate surface area is 279 Å². The van der Waals surface area contributed by atoms with E-state index < -0.39 is 0 Å². The van der Waals surface area contributed by atoms with Crippen molar-refractivity contribution in [2.24, 2.45) is 5.92 Å². The highest BCUT2D eigenvalue weighted by molar-refractivity contribution is 5.94. The number of amides is 2. The van der Waals surface area contributed by atoms with Crippen LogP contribution in [0.25, 0.3) is 0 Å². The van der Waals surface area contributed by atoms with Gasteiger partial charge in [-0.15, -0.1) is 0 Å². The molecule has 0 spiro atoms. The van der Waals surface area contributed by atoms with E-state index >= 15 is 0 Å². The van der Waals surface area contributed by atoms with E-state index in [0.29, 0.717) is 37.2 Å². The number of halogens is 1. The summed E-state index contributed by atoms with van der Waals surface area (Å²) in [6.07, 6.45) is 14.4. The fraction of sp³-hybridized carbons (Fsp3) is 0.667. The summed E-state index contributed by atoms with van der Waals surface area (Å²) in [5, 5.41) is 10.3. The van der Waals surface area contributed by atoms with Gasteiger partial charge in [-0.05, 0) is 108 Å². The number of rotatable bonds is 10. The highest BCUT2D eigenvalue weighted by Gasteiger charge is 2.37. The molecule has 0 saturated carbocycles. The Hall–Kier alpha value is -3.31. The topological polar surface area (TPSA) is 106 Å². The third kappa shape index (κ3) is 8.99. The Morgan fingerprint density at radius 3 is 2.47 bits per heavy atom. The summed E-state index contributed by atoms with van der Waals surface area (Å²) >= 11 is 0. The van der Waals surface area contributed by atoms with Crippen molar-refractivity contribution in [3.8, 4) is 0 Å². The van der Waals surface area contributed by atoms with E-state index in [1.54, 1.807) is 12.1 Å². The minimum Gasteiger partial charge on any atom is -0.356 e. The maximum Gasteiger partial charge on any atom is 0.253 e. The number of nitrogens with one attached hydrogen (secondary N) is 3. The van der Waals surface area contributed by atoms with Gasteiger partial charge in [0, 0.05) is 68.5 Å². The molecule has 11 heteroatoms. The predicted octanol–water partition coefficient (Wildman–Crippen LogP) is 4.44.